The van der Waals surface area contributed by atoms with Gasteiger partial charge in [-0.25, -0.2) is 4.79 Å². The van der Waals surface area contributed by atoms with Crippen LogP contribution in [-0.2, 0) is 10.7 Å². The van der Waals surface area contributed by atoms with Gasteiger partial charge in [-0.15, -0.1) is 0 Å². The lowest BCUT2D eigenvalue weighted by Gasteiger charge is -2.21. The molecule has 7 heteroatoms. The van der Waals surface area contributed by atoms with E-state index in [2.05, 4.69) is 5.32 Å². The van der Waals surface area contributed by atoms with Crippen molar-refractivity contribution < 1.29 is 28.2 Å². The Balaban J connectivity index is 2.97. The van der Waals surface area contributed by atoms with Crippen molar-refractivity contribution in [3.63, 3.8) is 0 Å². The van der Waals surface area contributed by atoms with Gasteiger partial charge in [-0.3, -0.25) is 5.32 Å². The lowest BCUT2D eigenvalue weighted by molar-refractivity contribution is -0.0557. The molecular weight excluding hydrogens is 284 g/mol. The minimum absolute atomic E-state index is 0.0477. The minimum atomic E-state index is -3.38. The van der Waals surface area contributed by atoms with Crippen LogP contribution in [0.15, 0.2) is 18.2 Å². The fraction of sp³-hybridized carbons (Fsp3) is 0.500. The zero-order valence-corrected chi connectivity index (χ0v) is 12.4. The van der Waals surface area contributed by atoms with Crippen LogP contribution < -0.4 is 10.1 Å². The first-order chi connectivity index (χ1) is 9.59. The Hall–Kier alpha value is -1.89. The fourth-order valence-electron chi connectivity index (χ4n) is 1.53. The van der Waals surface area contributed by atoms with Crippen molar-refractivity contribution >= 4 is 11.8 Å². The molecule has 5 nitrogen and oxygen atoms in total. The molecule has 1 aromatic carbocycles. The second-order valence-electron chi connectivity index (χ2n) is 5.40. The van der Waals surface area contributed by atoms with Crippen molar-refractivity contribution in [1.29, 1.82) is 0 Å². The van der Waals surface area contributed by atoms with Gasteiger partial charge in [0.2, 0.25) is 0 Å². The molecule has 0 aliphatic rings. The lowest BCUT2D eigenvalue weighted by Crippen LogP contribution is -2.27. The normalized spacial score (nSPS) is 12.0. The van der Waals surface area contributed by atoms with Crippen LogP contribution in [-0.4, -0.2) is 30.5 Å². The summed E-state index contributed by atoms with van der Waals surface area (Å²) >= 11 is 0. The van der Waals surface area contributed by atoms with E-state index >= 15 is 0 Å². The number of alkyl halides is 2. The summed E-state index contributed by atoms with van der Waals surface area (Å²) in [6.45, 7) is 3.80. The van der Waals surface area contributed by atoms with Crippen LogP contribution in [0.2, 0.25) is 0 Å². The van der Waals surface area contributed by atoms with Crippen molar-refractivity contribution in [2.75, 3.05) is 19.0 Å². The van der Waals surface area contributed by atoms with Crippen molar-refractivity contribution in [3.05, 3.63) is 23.8 Å². The molecule has 0 aromatic heterocycles. The van der Waals surface area contributed by atoms with Gasteiger partial charge in [0.15, 0.2) is 0 Å². The molecule has 118 valence electrons. The number of halogens is 2. The number of aliphatic hydroxyl groups excluding tert-OH is 1. The van der Waals surface area contributed by atoms with E-state index < -0.39 is 29.8 Å². The van der Waals surface area contributed by atoms with Gasteiger partial charge in [0.25, 0.3) is 5.92 Å². The maximum Gasteiger partial charge on any atom is 0.412 e. The molecule has 0 radical (unpaired) electrons. The van der Waals surface area contributed by atoms with E-state index in [1.807, 2.05) is 0 Å². The molecule has 0 atom stereocenters. The van der Waals surface area contributed by atoms with Gasteiger partial charge in [0, 0.05) is 5.56 Å². The number of anilines is 1. The first-order valence-electron chi connectivity index (χ1n) is 6.26. The van der Waals surface area contributed by atoms with Gasteiger partial charge in [0.1, 0.15) is 18.0 Å². The van der Waals surface area contributed by atoms with E-state index in [1.165, 1.54) is 13.2 Å². The predicted molar refractivity (Wildman–Crippen MR) is 73.8 cm³/mol. The van der Waals surface area contributed by atoms with Gasteiger partial charge in [-0.1, -0.05) is 6.07 Å². The average molecular weight is 303 g/mol. The largest absolute Gasteiger partial charge is 0.495 e. The molecule has 0 bridgehead atoms. The molecular formula is C14H19F2NO4. The molecule has 0 heterocycles. The summed E-state index contributed by atoms with van der Waals surface area (Å²) in [5, 5.41) is 11.1. The number of carbonyl (C=O) groups excluding carboxylic acids is 1. The number of carbonyl (C=O) groups is 1. The molecule has 0 saturated carbocycles. The Morgan fingerprint density at radius 3 is 2.43 bits per heavy atom. The topological polar surface area (TPSA) is 67.8 Å². The Kier molecular flexibility index (Phi) is 5.11. The Morgan fingerprint density at radius 2 is 1.95 bits per heavy atom. The number of methoxy groups -OCH3 is 1. The first kappa shape index (κ1) is 17.2. The van der Waals surface area contributed by atoms with Gasteiger partial charge in [0.05, 0.1) is 12.8 Å². The monoisotopic (exact) mass is 303 g/mol. The maximum atomic E-state index is 13.4. The Bertz CT molecular complexity index is 512. The van der Waals surface area contributed by atoms with Crippen LogP contribution in [0.25, 0.3) is 0 Å². The van der Waals surface area contributed by atoms with E-state index in [9.17, 15) is 13.6 Å². The third-order valence-electron chi connectivity index (χ3n) is 2.46. The molecule has 1 aromatic rings. The lowest BCUT2D eigenvalue weighted by atomic mass is 10.1. The van der Waals surface area contributed by atoms with Crippen molar-refractivity contribution in [2.24, 2.45) is 0 Å². The van der Waals surface area contributed by atoms with Crippen molar-refractivity contribution in [1.82, 2.24) is 0 Å². The van der Waals surface area contributed by atoms with Gasteiger partial charge < -0.3 is 14.6 Å². The smallest absolute Gasteiger partial charge is 0.412 e. The number of hydrogen-bond donors (Lipinski definition) is 2. The number of aliphatic hydroxyl groups is 1. The average Bonchev–Trinajstić information content (AvgIpc) is 2.36. The number of amides is 1. The molecule has 2 N–H and O–H groups in total. The van der Waals surface area contributed by atoms with Crippen LogP contribution >= 0.6 is 0 Å². The minimum Gasteiger partial charge on any atom is -0.495 e. The Morgan fingerprint density at radius 1 is 1.33 bits per heavy atom. The number of benzene rings is 1. The fourth-order valence-corrected chi connectivity index (χ4v) is 1.53. The van der Waals surface area contributed by atoms with Gasteiger partial charge in [-0.05, 0) is 32.9 Å². The van der Waals surface area contributed by atoms with Crippen molar-refractivity contribution in [3.8, 4) is 5.75 Å². The van der Waals surface area contributed by atoms with Gasteiger partial charge >= 0.3 is 6.09 Å². The number of nitrogens with one attached hydrogen (secondary N) is 1. The number of hydrogen-bond acceptors (Lipinski definition) is 4. The van der Waals surface area contributed by atoms with Crippen molar-refractivity contribution in [2.45, 2.75) is 32.3 Å². The first-order valence-corrected chi connectivity index (χ1v) is 6.26. The molecule has 0 fully saturated rings. The standard InChI is InChI=1S/C14H19F2NO4/c1-13(2,3)21-12(19)17-10-6-5-9(7-11(10)20-4)14(15,16)8-18/h5-7,18H,8H2,1-4H3,(H,17,19). The number of ether oxygens (including phenoxy) is 2. The number of rotatable bonds is 4. The quantitative estimate of drug-likeness (QED) is 0.896. The third-order valence-corrected chi connectivity index (χ3v) is 2.46. The van der Waals surface area contributed by atoms with E-state index in [0.29, 0.717) is 0 Å². The van der Waals surface area contributed by atoms with E-state index in [1.54, 1.807) is 20.8 Å². The summed E-state index contributed by atoms with van der Waals surface area (Å²) in [5.74, 6) is -3.33. The molecule has 0 unspecified atom stereocenters. The molecule has 1 rings (SSSR count). The summed E-state index contributed by atoms with van der Waals surface area (Å²) in [6, 6.07) is 3.43. The summed E-state index contributed by atoms with van der Waals surface area (Å²) in [7, 11) is 1.29. The highest BCUT2D eigenvalue weighted by Crippen LogP contribution is 2.34. The highest BCUT2D eigenvalue weighted by atomic mass is 19.3. The second-order valence-corrected chi connectivity index (χ2v) is 5.40. The summed E-state index contributed by atoms with van der Waals surface area (Å²) in [6.07, 6.45) is -0.720. The molecule has 1 amide bonds. The highest BCUT2D eigenvalue weighted by molar-refractivity contribution is 5.87. The summed E-state index contributed by atoms with van der Waals surface area (Å²) in [5.41, 5.74) is -0.887. The van der Waals surface area contributed by atoms with E-state index in [4.69, 9.17) is 14.6 Å². The van der Waals surface area contributed by atoms with E-state index in [-0.39, 0.29) is 11.4 Å². The third kappa shape index (κ3) is 4.86. The predicted octanol–water partition coefficient (Wildman–Crippen LogP) is 3.13. The molecule has 21 heavy (non-hydrogen) atoms. The zero-order valence-electron chi connectivity index (χ0n) is 12.4. The molecule has 0 spiro atoms. The maximum absolute atomic E-state index is 13.4. The molecule has 0 saturated heterocycles. The van der Waals surface area contributed by atoms with E-state index in [0.717, 1.165) is 12.1 Å². The second kappa shape index (κ2) is 6.26. The Labute approximate surface area is 121 Å². The van der Waals surface area contributed by atoms with Crippen LogP contribution in [0.1, 0.15) is 26.3 Å². The molecule has 0 aliphatic heterocycles. The molecule has 0 aliphatic carbocycles. The summed E-state index contributed by atoms with van der Waals surface area (Å²) < 4.78 is 36.8. The van der Waals surface area contributed by atoms with Crippen LogP contribution in [0, 0.1) is 0 Å². The SMILES string of the molecule is COc1cc(C(F)(F)CO)ccc1NC(=O)OC(C)(C)C. The summed E-state index contributed by atoms with van der Waals surface area (Å²) in [4.78, 5) is 11.7. The highest BCUT2D eigenvalue weighted by Gasteiger charge is 2.31. The zero-order chi connectivity index (χ0) is 16.3. The van der Waals surface area contributed by atoms with Gasteiger partial charge in [-0.2, -0.15) is 8.78 Å². The van der Waals surface area contributed by atoms with Crippen LogP contribution in [0.4, 0.5) is 19.3 Å². The van der Waals surface area contributed by atoms with Crippen LogP contribution in [0.5, 0.6) is 5.75 Å². The van der Waals surface area contributed by atoms with Crippen LogP contribution in [0.3, 0.4) is 0 Å².